The number of para-hydroxylation sites is 1. The van der Waals surface area contributed by atoms with Crippen LogP contribution in [0.1, 0.15) is 42.3 Å². The third-order valence-electron chi connectivity index (χ3n) is 5.07. The van der Waals surface area contributed by atoms with Gasteiger partial charge in [0.15, 0.2) is 5.11 Å². The van der Waals surface area contributed by atoms with Crippen molar-refractivity contribution >= 4 is 35.2 Å². The molecule has 2 heterocycles. The van der Waals surface area contributed by atoms with Gasteiger partial charge in [0.2, 0.25) is 0 Å². The Kier molecular flexibility index (Phi) is 5.84. The Balaban J connectivity index is 2.09. The van der Waals surface area contributed by atoms with Crippen LogP contribution in [0.25, 0.3) is 11.8 Å². The zero-order chi connectivity index (χ0) is 21.3. The van der Waals surface area contributed by atoms with E-state index >= 15 is 0 Å². The van der Waals surface area contributed by atoms with Gasteiger partial charge in [0.05, 0.1) is 0 Å². The highest BCUT2D eigenvalue weighted by atomic mass is 32.1. The zero-order valence-electron chi connectivity index (χ0n) is 17.2. The fraction of sp³-hybridized carbons (Fsp3) is 0.261. The lowest BCUT2D eigenvalue weighted by atomic mass is 10.0. The highest BCUT2D eigenvalue weighted by molar-refractivity contribution is 7.80. The van der Waals surface area contributed by atoms with Gasteiger partial charge in [0.1, 0.15) is 5.57 Å². The summed E-state index contributed by atoms with van der Waals surface area (Å²) >= 11 is 5.11. The molecule has 3 rings (SSSR count). The first-order chi connectivity index (χ1) is 13.8. The summed E-state index contributed by atoms with van der Waals surface area (Å²) in [7, 11) is 0. The van der Waals surface area contributed by atoms with E-state index in [2.05, 4.69) is 42.4 Å². The Bertz CT molecular complexity index is 1050. The van der Waals surface area contributed by atoms with Crippen molar-refractivity contribution in [3.63, 3.8) is 0 Å². The minimum atomic E-state index is -0.479. The molecule has 0 saturated carbocycles. The molecule has 5 nitrogen and oxygen atoms in total. The van der Waals surface area contributed by atoms with Crippen molar-refractivity contribution in [3.8, 4) is 5.69 Å². The Labute approximate surface area is 176 Å². The number of rotatable bonds is 5. The van der Waals surface area contributed by atoms with Gasteiger partial charge in [-0.15, -0.1) is 6.58 Å². The Hall–Kier alpha value is -2.99. The van der Waals surface area contributed by atoms with E-state index in [1.165, 1.54) is 10.5 Å². The van der Waals surface area contributed by atoms with Crippen LogP contribution in [-0.2, 0) is 9.59 Å². The maximum atomic E-state index is 12.8. The first-order valence-corrected chi connectivity index (χ1v) is 9.95. The molecule has 0 spiro atoms. The molecule has 2 amide bonds. The number of aryl methyl sites for hydroxylation is 1. The van der Waals surface area contributed by atoms with E-state index in [9.17, 15) is 9.59 Å². The fourth-order valence-corrected chi connectivity index (χ4v) is 3.88. The van der Waals surface area contributed by atoms with E-state index < -0.39 is 11.8 Å². The summed E-state index contributed by atoms with van der Waals surface area (Å²) in [6.07, 6.45) is 3.22. The first-order valence-electron chi connectivity index (χ1n) is 9.54. The second kappa shape index (κ2) is 8.17. The molecule has 1 aromatic heterocycles. The molecular formula is C23H25N3O2S. The van der Waals surface area contributed by atoms with E-state index in [0.717, 1.165) is 22.6 Å². The molecule has 0 radical (unpaired) electrons. The number of nitrogens with one attached hydrogen (secondary N) is 1. The predicted molar refractivity (Wildman–Crippen MR) is 120 cm³/mol. The number of aromatic nitrogens is 1. The van der Waals surface area contributed by atoms with E-state index in [0.29, 0.717) is 5.92 Å². The van der Waals surface area contributed by atoms with Crippen LogP contribution < -0.4 is 5.32 Å². The zero-order valence-corrected chi connectivity index (χ0v) is 18.0. The maximum Gasteiger partial charge on any atom is 0.265 e. The molecule has 2 aromatic rings. The third kappa shape index (κ3) is 3.80. The SMILES string of the molecule is C=CCN1C(=O)/C(=C/c2cc(C)n(-c3ccccc3C(C)C)c2C)C(=O)NC1=S. The maximum absolute atomic E-state index is 12.8. The molecule has 29 heavy (non-hydrogen) atoms. The van der Waals surface area contributed by atoms with Crippen LogP contribution in [0.5, 0.6) is 0 Å². The highest BCUT2D eigenvalue weighted by Gasteiger charge is 2.33. The van der Waals surface area contributed by atoms with Crippen molar-refractivity contribution in [2.75, 3.05) is 6.54 Å². The molecule has 1 aromatic carbocycles. The van der Waals surface area contributed by atoms with Gasteiger partial charge >= 0.3 is 0 Å². The van der Waals surface area contributed by atoms with E-state index in [-0.39, 0.29) is 17.2 Å². The van der Waals surface area contributed by atoms with Crippen LogP contribution in [0.15, 0.2) is 48.6 Å². The lowest BCUT2D eigenvalue weighted by Crippen LogP contribution is -2.53. The van der Waals surface area contributed by atoms with Crippen LogP contribution in [0, 0.1) is 13.8 Å². The molecule has 1 aliphatic rings. The number of hydrogen-bond donors (Lipinski definition) is 1. The van der Waals surface area contributed by atoms with Gasteiger partial charge in [-0.3, -0.25) is 19.8 Å². The van der Waals surface area contributed by atoms with E-state index in [1.807, 2.05) is 32.0 Å². The molecule has 0 bridgehead atoms. The summed E-state index contributed by atoms with van der Waals surface area (Å²) < 4.78 is 2.17. The van der Waals surface area contributed by atoms with Crippen LogP contribution >= 0.6 is 12.2 Å². The Morgan fingerprint density at radius 3 is 2.55 bits per heavy atom. The minimum Gasteiger partial charge on any atom is -0.318 e. The second-order valence-electron chi connectivity index (χ2n) is 7.40. The number of hydrogen-bond acceptors (Lipinski definition) is 3. The van der Waals surface area contributed by atoms with Gasteiger partial charge in [-0.25, -0.2) is 0 Å². The predicted octanol–water partition coefficient (Wildman–Crippen LogP) is 4.03. The van der Waals surface area contributed by atoms with E-state index in [1.54, 1.807) is 12.2 Å². The highest BCUT2D eigenvalue weighted by Crippen LogP contribution is 2.29. The van der Waals surface area contributed by atoms with Crippen LogP contribution in [-0.4, -0.2) is 32.9 Å². The standard InChI is InChI=1S/C23H25N3O2S/c1-6-11-25-22(28)19(21(27)24-23(25)29)13-17-12-15(4)26(16(17)5)20-10-8-7-9-18(20)14(2)3/h6-10,12-14H,1,11H2,2-5H3,(H,24,27,29)/b19-13+. The average Bonchev–Trinajstić information content (AvgIpc) is 2.95. The van der Waals surface area contributed by atoms with Gasteiger partial charge < -0.3 is 4.57 Å². The van der Waals surface area contributed by atoms with Crippen LogP contribution in [0.2, 0.25) is 0 Å². The van der Waals surface area contributed by atoms with Crippen molar-refractivity contribution in [3.05, 3.63) is 71.1 Å². The second-order valence-corrected chi connectivity index (χ2v) is 7.78. The number of nitrogens with zero attached hydrogens (tertiary/aromatic N) is 2. The topological polar surface area (TPSA) is 54.3 Å². The van der Waals surface area contributed by atoms with E-state index in [4.69, 9.17) is 12.2 Å². The molecule has 0 atom stereocenters. The molecule has 0 aliphatic carbocycles. The van der Waals surface area contributed by atoms with Crippen molar-refractivity contribution in [2.45, 2.75) is 33.6 Å². The Morgan fingerprint density at radius 2 is 1.90 bits per heavy atom. The van der Waals surface area contributed by atoms with Gasteiger partial charge in [0.25, 0.3) is 11.8 Å². The number of carbonyl (C=O) groups is 2. The summed E-state index contributed by atoms with van der Waals surface area (Å²) in [5.41, 5.74) is 5.24. The van der Waals surface area contributed by atoms with Crippen molar-refractivity contribution < 1.29 is 9.59 Å². The fourth-order valence-electron chi connectivity index (χ4n) is 3.63. The van der Waals surface area contributed by atoms with Crippen LogP contribution in [0.3, 0.4) is 0 Å². The lowest BCUT2D eigenvalue weighted by molar-refractivity contribution is -0.128. The molecule has 1 aliphatic heterocycles. The Morgan fingerprint density at radius 1 is 1.21 bits per heavy atom. The first kappa shape index (κ1) is 20.7. The van der Waals surface area contributed by atoms with Gasteiger partial charge in [0, 0.05) is 23.6 Å². The summed E-state index contributed by atoms with van der Waals surface area (Å²) in [6.45, 7) is 12.2. The van der Waals surface area contributed by atoms with Gasteiger partial charge in [-0.2, -0.15) is 0 Å². The molecular weight excluding hydrogens is 382 g/mol. The summed E-state index contributed by atoms with van der Waals surface area (Å²) in [5.74, 6) is -0.521. The molecule has 150 valence electrons. The van der Waals surface area contributed by atoms with Crippen LogP contribution in [0.4, 0.5) is 0 Å². The molecule has 1 saturated heterocycles. The summed E-state index contributed by atoms with van der Waals surface area (Å²) in [4.78, 5) is 26.6. The van der Waals surface area contributed by atoms with Crippen molar-refractivity contribution in [1.29, 1.82) is 0 Å². The quantitative estimate of drug-likeness (QED) is 0.352. The minimum absolute atomic E-state index is 0.0674. The number of amides is 2. The lowest BCUT2D eigenvalue weighted by Gasteiger charge is -2.27. The van der Waals surface area contributed by atoms with Crippen molar-refractivity contribution in [1.82, 2.24) is 14.8 Å². The number of thiocarbonyl (C=S) groups is 1. The number of carbonyl (C=O) groups excluding carboxylic acids is 2. The molecule has 1 N–H and O–H groups in total. The molecule has 1 fully saturated rings. The molecule has 0 unspecified atom stereocenters. The molecule has 6 heteroatoms. The third-order valence-corrected chi connectivity index (χ3v) is 5.39. The summed E-state index contributed by atoms with van der Waals surface area (Å²) in [6, 6.07) is 10.3. The number of benzene rings is 1. The average molecular weight is 408 g/mol. The van der Waals surface area contributed by atoms with Gasteiger partial charge in [-0.05, 0) is 61.3 Å². The monoisotopic (exact) mass is 407 g/mol. The van der Waals surface area contributed by atoms with Crippen molar-refractivity contribution in [2.24, 2.45) is 0 Å². The van der Waals surface area contributed by atoms with Gasteiger partial charge in [-0.1, -0.05) is 38.1 Å². The smallest absolute Gasteiger partial charge is 0.265 e. The summed E-state index contributed by atoms with van der Waals surface area (Å²) in [5, 5.41) is 2.69. The normalized spacial score (nSPS) is 16.0. The largest absolute Gasteiger partial charge is 0.318 e.